The Morgan fingerprint density at radius 2 is 2.07 bits per heavy atom. The van der Waals surface area contributed by atoms with E-state index in [9.17, 15) is 9.59 Å². The van der Waals surface area contributed by atoms with E-state index < -0.39 is 12.0 Å². The van der Waals surface area contributed by atoms with Crippen LogP contribution in [0.2, 0.25) is 0 Å². The van der Waals surface area contributed by atoms with Crippen LogP contribution in [0.4, 0.5) is 0 Å². The molecule has 0 aliphatic rings. The molecule has 5 nitrogen and oxygen atoms in total. The van der Waals surface area contributed by atoms with E-state index in [0.29, 0.717) is 13.0 Å². The zero-order valence-corrected chi connectivity index (χ0v) is 8.62. The lowest BCUT2D eigenvalue weighted by atomic mass is 10.1. The highest BCUT2D eigenvalue weighted by Gasteiger charge is 2.18. The van der Waals surface area contributed by atoms with Crippen LogP contribution in [-0.4, -0.2) is 29.6 Å². The number of hydrogen-bond acceptors (Lipinski definition) is 3. The number of amides is 1. The highest BCUT2D eigenvalue weighted by atomic mass is 16.4. The van der Waals surface area contributed by atoms with Crippen molar-refractivity contribution in [2.75, 3.05) is 6.54 Å². The van der Waals surface area contributed by atoms with Crippen molar-refractivity contribution in [1.29, 1.82) is 0 Å². The minimum absolute atomic E-state index is 0.0845. The molecule has 0 heterocycles. The van der Waals surface area contributed by atoms with Gasteiger partial charge in [-0.25, -0.2) is 4.79 Å². The third-order valence-electron chi connectivity index (χ3n) is 1.98. The highest BCUT2D eigenvalue weighted by molar-refractivity contribution is 5.83. The monoisotopic (exact) mass is 202 g/mol. The van der Waals surface area contributed by atoms with E-state index in [0.717, 1.165) is 0 Å². The molecule has 0 saturated heterocycles. The molecule has 2 unspecified atom stereocenters. The van der Waals surface area contributed by atoms with E-state index in [1.165, 1.54) is 0 Å². The van der Waals surface area contributed by atoms with Crippen LogP contribution in [0.3, 0.4) is 0 Å². The largest absolute Gasteiger partial charge is 0.480 e. The van der Waals surface area contributed by atoms with Crippen molar-refractivity contribution in [1.82, 2.24) is 5.32 Å². The minimum Gasteiger partial charge on any atom is -0.480 e. The SMILES string of the molecule is CCC(NC(=O)CC(C)CN)C(=O)O. The molecule has 0 aliphatic heterocycles. The summed E-state index contributed by atoms with van der Waals surface area (Å²) in [5, 5.41) is 11.1. The van der Waals surface area contributed by atoms with Gasteiger partial charge in [0.2, 0.25) is 5.91 Å². The van der Waals surface area contributed by atoms with Crippen LogP contribution in [0.25, 0.3) is 0 Å². The summed E-state index contributed by atoms with van der Waals surface area (Å²) in [6.07, 6.45) is 0.665. The Hall–Kier alpha value is -1.10. The lowest BCUT2D eigenvalue weighted by molar-refractivity contribution is -0.142. The molecular formula is C9H18N2O3. The number of carbonyl (C=O) groups excluding carboxylic acids is 1. The van der Waals surface area contributed by atoms with E-state index >= 15 is 0 Å². The molecule has 0 radical (unpaired) electrons. The van der Waals surface area contributed by atoms with Crippen LogP contribution in [0.15, 0.2) is 0 Å². The summed E-state index contributed by atoms with van der Waals surface area (Å²) in [6, 6.07) is -0.785. The van der Waals surface area contributed by atoms with E-state index in [-0.39, 0.29) is 18.2 Å². The highest BCUT2D eigenvalue weighted by Crippen LogP contribution is 2.00. The van der Waals surface area contributed by atoms with Crippen LogP contribution in [0.1, 0.15) is 26.7 Å². The number of hydrogen-bond donors (Lipinski definition) is 3. The van der Waals surface area contributed by atoms with Gasteiger partial charge in [0.05, 0.1) is 0 Å². The predicted molar refractivity (Wildman–Crippen MR) is 52.7 cm³/mol. The predicted octanol–water partition coefficient (Wildman–Crippen LogP) is -0.0493. The second kappa shape index (κ2) is 6.37. The summed E-state index contributed by atoms with van der Waals surface area (Å²) in [6.45, 7) is 3.99. The summed E-state index contributed by atoms with van der Waals surface area (Å²) in [5.41, 5.74) is 5.35. The van der Waals surface area contributed by atoms with Gasteiger partial charge in [0, 0.05) is 6.42 Å². The first-order valence-electron chi connectivity index (χ1n) is 4.73. The van der Waals surface area contributed by atoms with Crippen molar-refractivity contribution in [3.05, 3.63) is 0 Å². The zero-order valence-electron chi connectivity index (χ0n) is 8.62. The van der Waals surface area contributed by atoms with Gasteiger partial charge >= 0.3 is 5.97 Å². The molecule has 14 heavy (non-hydrogen) atoms. The summed E-state index contributed by atoms with van der Waals surface area (Å²) in [5.74, 6) is -1.17. The van der Waals surface area contributed by atoms with Gasteiger partial charge in [-0.1, -0.05) is 13.8 Å². The van der Waals surface area contributed by atoms with Crippen molar-refractivity contribution in [2.24, 2.45) is 11.7 Å². The second-order valence-electron chi connectivity index (χ2n) is 3.41. The number of carboxylic acids is 1. The quantitative estimate of drug-likeness (QED) is 0.563. The number of nitrogens with two attached hydrogens (primary N) is 1. The van der Waals surface area contributed by atoms with E-state index in [1.54, 1.807) is 6.92 Å². The maximum Gasteiger partial charge on any atom is 0.326 e. The maximum absolute atomic E-state index is 11.3. The minimum atomic E-state index is -0.999. The molecule has 4 N–H and O–H groups in total. The first-order valence-corrected chi connectivity index (χ1v) is 4.73. The summed E-state index contributed by atoms with van der Waals surface area (Å²) < 4.78 is 0. The number of nitrogens with one attached hydrogen (secondary N) is 1. The maximum atomic E-state index is 11.3. The summed E-state index contributed by atoms with van der Waals surface area (Å²) >= 11 is 0. The number of carboxylic acid groups (broad SMARTS) is 1. The van der Waals surface area contributed by atoms with Crippen molar-refractivity contribution in [3.63, 3.8) is 0 Å². The molecule has 0 aromatic rings. The van der Waals surface area contributed by atoms with Gasteiger partial charge in [-0.05, 0) is 18.9 Å². The Labute approximate surface area is 83.7 Å². The van der Waals surface area contributed by atoms with Crippen LogP contribution in [-0.2, 0) is 9.59 Å². The molecule has 0 fully saturated rings. The van der Waals surface area contributed by atoms with Gasteiger partial charge in [-0.3, -0.25) is 4.79 Å². The van der Waals surface area contributed by atoms with Gasteiger partial charge in [0.15, 0.2) is 0 Å². The van der Waals surface area contributed by atoms with Gasteiger partial charge in [-0.2, -0.15) is 0 Å². The zero-order chi connectivity index (χ0) is 11.1. The smallest absolute Gasteiger partial charge is 0.326 e. The molecule has 1 amide bonds. The van der Waals surface area contributed by atoms with E-state index in [4.69, 9.17) is 10.8 Å². The Bertz CT molecular complexity index is 206. The Morgan fingerprint density at radius 1 is 1.50 bits per heavy atom. The molecule has 0 aromatic heterocycles. The molecule has 82 valence electrons. The average molecular weight is 202 g/mol. The van der Waals surface area contributed by atoms with Crippen molar-refractivity contribution >= 4 is 11.9 Å². The van der Waals surface area contributed by atoms with Gasteiger partial charge in [0.25, 0.3) is 0 Å². The third-order valence-corrected chi connectivity index (χ3v) is 1.98. The van der Waals surface area contributed by atoms with Gasteiger partial charge < -0.3 is 16.2 Å². The van der Waals surface area contributed by atoms with Gasteiger partial charge in [0.1, 0.15) is 6.04 Å². The molecule has 0 saturated carbocycles. The number of aliphatic carboxylic acids is 1. The standard InChI is InChI=1S/C9H18N2O3/c1-3-7(9(13)14)11-8(12)4-6(2)5-10/h6-7H,3-5,10H2,1-2H3,(H,11,12)(H,13,14). The molecule has 0 spiro atoms. The van der Waals surface area contributed by atoms with Crippen LogP contribution in [0, 0.1) is 5.92 Å². The average Bonchev–Trinajstić information content (AvgIpc) is 2.13. The molecule has 2 atom stereocenters. The Morgan fingerprint density at radius 3 is 2.43 bits per heavy atom. The van der Waals surface area contributed by atoms with Crippen LogP contribution >= 0.6 is 0 Å². The molecule has 0 aliphatic carbocycles. The van der Waals surface area contributed by atoms with Crippen molar-refractivity contribution < 1.29 is 14.7 Å². The topological polar surface area (TPSA) is 92.4 Å². The lowest BCUT2D eigenvalue weighted by Gasteiger charge is -2.13. The third kappa shape index (κ3) is 4.81. The fourth-order valence-corrected chi connectivity index (χ4v) is 0.991. The molecule has 0 aromatic carbocycles. The normalized spacial score (nSPS) is 14.5. The number of rotatable bonds is 6. The number of carbonyl (C=O) groups is 2. The Kier molecular flexibility index (Phi) is 5.87. The lowest BCUT2D eigenvalue weighted by Crippen LogP contribution is -2.41. The van der Waals surface area contributed by atoms with Crippen LogP contribution < -0.4 is 11.1 Å². The first kappa shape index (κ1) is 12.9. The molecule has 0 bridgehead atoms. The fourth-order valence-electron chi connectivity index (χ4n) is 0.991. The van der Waals surface area contributed by atoms with Crippen molar-refractivity contribution in [3.8, 4) is 0 Å². The summed E-state index contributed by atoms with van der Waals surface area (Å²) in [4.78, 5) is 21.8. The van der Waals surface area contributed by atoms with Crippen molar-refractivity contribution in [2.45, 2.75) is 32.7 Å². The molecule has 5 heteroatoms. The fraction of sp³-hybridized carbons (Fsp3) is 0.778. The van der Waals surface area contributed by atoms with E-state index in [1.807, 2.05) is 6.92 Å². The molecular weight excluding hydrogens is 184 g/mol. The van der Waals surface area contributed by atoms with Gasteiger partial charge in [-0.15, -0.1) is 0 Å². The summed E-state index contributed by atoms with van der Waals surface area (Å²) in [7, 11) is 0. The Balaban J connectivity index is 3.97. The second-order valence-corrected chi connectivity index (χ2v) is 3.41. The molecule has 0 rings (SSSR count). The van der Waals surface area contributed by atoms with Crippen LogP contribution in [0.5, 0.6) is 0 Å². The van der Waals surface area contributed by atoms with E-state index in [2.05, 4.69) is 5.32 Å². The first-order chi connectivity index (χ1) is 6.51.